The Bertz CT molecular complexity index is 849. The van der Waals surface area contributed by atoms with Gasteiger partial charge in [-0.2, -0.15) is 0 Å². The van der Waals surface area contributed by atoms with Gasteiger partial charge >= 0.3 is 0 Å². The molecule has 0 unspecified atom stereocenters. The molecule has 1 heterocycles. The lowest BCUT2D eigenvalue weighted by molar-refractivity contribution is 0.415. The smallest absolute Gasteiger partial charge is 0.163 e. The summed E-state index contributed by atoms with van der Waals surface area (Å²) in [6, 6.07) is 19.5. The van der Waals surface area contributed by atoms with Crippen molar-refractivity contribution in [1.82, 2.24) is 9.97 Å². The first kappa shape index (κ1) is 16.5. The molecular weight excluding hydrogens is 312 g/mol. The van der Waals surface area contributed by atoms with Gasteiger partial charge in [0.2, 0.25) is 0 Å². The minimum Gasteiger partial charge on any atom is -0.497 e. The third-order valence-corrected chi connectivity index (χ3v) is 3.53. The molecule has 126 valence electrons. The lowest BCUT2D eigenvalue weighted by Crippen LogP contribution is -2.04. The normalized spacial score (nSPS) is 10.1. The highest BCUT2D eigenvalue weighted by Gasteiger charge is 2.07. The second-order valence-electron chi connectivity index (χ2n) is 5.35. The van der Waals surface area contributed by atoms with E-state index in [1.54, 1.807) is 13.2 Å². The van der Waals surface area contributed by atoms with Gasteiger partial charge in [0.1, 0.15) is 17.4 Å². The second-order valence-corrected chi connectivity index (χ2v) is 5.35. The van der Waals surface area contributed by atoms with Crippen LogP contribution in [0.4, 0.5) is 17.3 Å². The standard InChI is InChI=1S/C20H20N4O/c1-3-12-21-18-14-19(22-16-10-7-11-17(13-16)25-2)24-20(23-18)15-8-5-4-6-9-15/h3-11,13-14H,1,12H2,2H3,(H2,21,22,23,24). The zero-order valence-electron chi connectivity index (χ0n) is 14.1. The predicted octanol–water partition coefficient (Wildman–Crippen LogP) is 4.49. The van der Waals surface area contributed by atoms with Crippen molar-refractivity contribution in [2.45, 2.75) is 0 Å². The maximum Gasteiger partial charge on any atom is 0.163 e. The SMILES string of the molecule is C=CCNc1cc(Nc2cccc(OC)c2)nc(-c2ccccc2)n1. The molecule has 5 nitrogen and oxygen atoms in total. The third-order valence-electron chi connectivity index (χ3n) is 3.53. The van der Waals surface area contributed by atoms with E-state index < -0.39 is 0 Å². The third kappa shape index (κ3) is 4.35. The summed E-state index contributed by atoms with van der Waals surface area (Å²) in [5, 5.41) is 6.53. The summed E-state index contributed by atoms with van der Waals surface area (Å²) in [7, 11) is 1.65. The summed E-state index contributed by atoms with van der Waals surface area (Å²) >= 11 is 0. The van der Waals surface area contributed by atoms with Gasteiger partial charge in [-0.3, -0.25) is 0 Å². The van der Waals surface area contributed by atoms with Crippen LogP contribution in [0.5, 0.6) is 5.75 Å². The molecule has 5 heteroatoms. The lowest BCUT2D eigenvalue weighted by atomic mass is 10.2. The fourth-order valence-electron chi connectivity index (χ4n) is 2.34. The molecule has 0 saturated carbocycles. The van der Waals surface area contributed by atoms with Gasteiger partial charge in [0, 0.05) is 29.9 Å². The van der Waals surface area contributed by atoms with E-state index in [4.69, 9.17) is 4.74 Å². The number of ether oxygens (including phenoxy) is 1. The molecule has 3 aromatic rings. The minimum atomic E-state index is 0.629. The number of rotatable bonds is 7. The summed E-state index contributed by atoms with van der Waals surface area (Å²) in [4.78, 5) is 9.22. The van der Waals surface area contributed by atoms with Crippen molar-refractivity contribution in [3.8, 4) is 17.1 Å². The number of aromatic nitrogens is 2. The van der Waals surface area contributed by atoms with Crippen LogP contribution in [0.2, 0.25) is 0 Å². The molecular formula is C20H20N4O. The predicted molar refractivity (Wildman–Crippen MR) is 102 cm³/mol. The van der Waals surface area contributed by atoms with Crippen LogP contribution in [0, 0.1) is 0 Å². The van der Waals surface area contributed by atoms with Gasteiger partial charge in [-0.1, -0.05) is 42.5 Å². The average Bonchev–Trinajstić information content (AvgIpc) is 2.67. The molecule has 3 rings (SSSR count). The molecule has 0 bridgehead atoms. The number of anilines is 3. The van der Waals surface area contributed by atoms with Crippen molar-refractivity contribution in [3.05, 3.63) is 73.3 Å². The van der Waals surface area contributed by atoms with Gasteiger partial charge in [-0.05, 0) is 12.1 Å². The van der Waals surface area contributed by atoms with Crippen molar-refractivity contribution in [2.24, 2.45) is 0 Å². The van der Waals surface area contributed by atoms with Crippen LogP contribution in [0.25, 0.3) is 11.4 Å². The van der Waals surface area contributed by atoms with E-state index in [0.717, 1.165) is 22.8 Å². The van der Waals surface area contributed by atoms with Crippen LogP contribution in [-0.2, 0) is 0 Å². The zero-order chi connectivity index (χ0) is 17.5. The van der Waals surface area contributed by atoms with Crippen molar-refractivity contribution in [2.75, 3.05) is 24.3 Å². The van der Waals surface area contributed by atoms with Crippen LogP contribution in [-0.4, -0.2) is 23.6 Å². The van der Waals surface area contributed by atoms with Crippen LogP contribution in [0.15, 0.2) is 73.3 Å². The Balaban J connectivity index is 1.95. The molecule has 0 aliphatic carbocycles. The molecule has 2 N–H and O–H groups in total. The number of nitrogens with zero attached hydrogens (tertiary/aromatic N) is 2. The Morgan fingerprint density at radius 2 is 1.80 bits per heavy atom. The number of hydrogen-bond donors (Lipinski definition) is 2. The molecule has 0 amide bonds. The maximum atomic E-state index is 5.27. The first-order valence-electron chi connectivity index (χ1n) is 7.99. The van der Waals surface area contributed by atoms with E-state index in [2.05, 4.69) is 27.2 Å². The van der Waals surface area contributed by atoms with E-state index in [1.807, 2.05) is 60.7 Å². The van der Waals surface area contributed by atoms with Gasteiger partial charge in [0.25, 0.3) is 0 Å². The topological polar surface area (TPSA) is 59.1 Å². The van der Waals surface area contributed by atoms with Crippen LogP contribution < -0.4 is 15.4 Å². The lowest BCUT2D eigenvalue weighted by Gasteiger charge is -2.11. The van der Waals surface area contributed by atoms with E-state index in [1.165, 1.54) is 0 Å². The molecule has 0 atom stereocenters. The first-order chi connectivity index (χ1) is 12.3. The highest BCUT2D eigenvalue weighted by Crippen LogP contribution is 2.24. The zero-order valence-corrected chi connectivity index (χ0v) is 14.1. The van der Waals surface area contributed by atoms with Crippen LogP contribution >= 0.6 is 0 Å². The Morgan fingerprint density at radius 3 is 2.56 bits per heavy atom. The molecule has 2 aromatic carbocycles. The fourth-order valence-corrected chi connectivity index (χ4v) is 2.34. The van der Waals surface area contributed by atoms with E-state index >= 15 is 0 Å². The number of hydrogen-bond acceptors (Lipinski definition) is 5. The van der Waals surface area contributed by atoms with Crippen LogP contribution in [0.3, 0.4) is 0 Å². The van der Waals surface area contributed by atoms with E-state index in [0.29, 0.717) is 18.2 Å². The van der Waals surface area contributed by atoms with Crippen LogP contribution in [0.1, 0.15) is 0 Å². The summed E-state index contributed by atoms with van der Waals surface area (Å²) in [6.45, 7) is 4.36. The molecule has 0 spiro atoms. The summed E-state index contributed by atoms with van der Waals surface area (Å²) in [5.41, 5.74) is 1.85. The van der Waals surface area contributed by atoms with Crippen molar-refractivity contribution in [1.29, 1.82) is 0 Å². The van der Waals surface area contributed by atoms with E-state index in [9.17, 15) is 0 Å². The Hall–Kier alpha value is -3.34. The second kappa shape index (κ2) is 7.97. The molecule has 0 aliphatic rings. The molecule has 25 heavy (non-hydrogen) atoms. The largest absolute Gasteiger partial charge is 0.497 e. The Kier molecular flexibility index (Phi) is 5.26. The van der Waals surface area contributed by atoms with Crippen molar-refractivity contribution >= 4 is 17.3 Å². The van der Waals surface area contributed by atoms with Gasteiger partial charge in [0.05, 0.1) is 7.11 Å². The minimum absolute atomic E-state index is 0.629. The number of methoxy groups -OCH3 is 1. The quantitative estimate of drug-likeness (QED) is 0.624. The molecule has 0 radical (unpaired) electrons. The average molecular weight is 332 g/mol. The number of benzene rings is 2. The first-order valence-corrected chi connectivity index (χ1v) is 7.99. The van der Waals surface area contributed by atoms with Gasteiger partial charge in [0.15, 0.2) is 5.82 Å². The summed E-state index contributed by atoms with van der Waals surface area (Å²) in [6.07, 6.45) is 1.79. The van der Waals surface area contributed by atoms with E-state index in [-0.39, 0.29) is 0 Å². The summed E-state index contributed by atoms with van der Waals surface area (Å²) < 4.78 is 5.27. The fraction of sp³-hybridized carbons (Fsp3) is 0.100. The highest BCUT2D eigenvalue weighted by molar-refractivity contribution is 5.65. The highest BCUT2D eigenvalue weighted by atomic mass is 16.5. The van der Waals surface area contributed by atoms with Crippen molar-refractivity contribution in [3.63, 3.8) is 0 Å². The van der Waals surface area contributed by atoms with Gasteiger partial charge < -0.3 is 15.4 Å². The number of nitrogens with one attached hydrogen (secondary N) is 2. The Morgan fingerprint density at radius 1 is 1.00 bits per heavy atom. The summed E-state index contributed by atoms with van der Waals surface area (Å²) in [5.74, 6) is 2.88. The van der Waals surface area contributed by atoms with Gasteiger partial charge in [-0.15, -0.1) is 6.58 Å². The monoisotopic (exact) mass is 332 g/mol. The maximum absolute atomic E-state index is 5.27. The molecule has 1 aromatic heterocycles. The molecule has 0 saturated heterocycles. The molecule has 0 aliphatic heterocycles. The Labute approximate surface area is 147 Å². The van der Waals surface area contributed by atoms with Crippen molar-refractivity contribution < 1.29 is 4.74 Å². The molecule has 0 fully saturated rings. The van der Waals surface area contributed by atoms with Gasteiger partial charge in [-0.25, -0.2) is 9.97 Å².